The van der Waals surface area contributed by atoms with Crippen LogP contribution in [0.15, 0.2) is 30.3 Å². The van der Waals surface area contributed by atoms with Crippen molar-refractivity contribution >= 4 is 5.97 Å². The normalized spacial score (nSPS) is 17.4. The second-order valence-electron chi connectivity index (χ2n) is 4.85. The van der Waals surface area contributed by atoms with E-state index < -0.39 is 0 Å². The first-order valence-electron chi connectivity index (χ1n) is 6.64. The fraction of sp³-hybridized carbons (Fsp3) is 0.533. The van der Waals surface area contributed by atoms with E-state index in [9.17, 15) is 4.79 Å². The predicted molar refractivity (Wildman–Crippen MR) is 69.4 cm³/mol. The molecule has 0 amide bonds. The molecule has 18 heavy (non-hydrogen) atoms. The number of para-hydroxylation sites is 1. The fourth-order valence-electron chi connectivity index (χ4n) is 2.22. The van der Waals surface area contributed by atoms with Crippen molar-refractivity contribution in [1.82, 2.24) is 0 Å². The average Bonchev–Trinajstić information content (AvgIpc) is 2.91. The van der Waals surface area contributed by atoms with E-state index in [1.165, 1.54) is 0 Å². The lowest BCUT2D eigenvalue weighted by atomic mass is 10.1. The molecule has 1 aliphatic rings. The monoisotopic (exact) mass is 248 g/mol. The SMILES string of the molecule is CC(COc1ccccc1)OC(=O)C1CCCC1. The van der Waals surface area contributed by atoms with Crippen LogP contribution in [0.2, 0.25) is 0 Å². The summed E-state index contributed by atoms with van der Waals surface area (Å²) >= 11 is 0. The number of ether oxygens (including phenoxy) is 2. The van der Waals surface area contributed by atoms with Crippen LogP contribution in [0.1, 0.15) is 32.6 Å². The van der Waals surface area contributed by atoms with E-state index in [-0.39, 0.29) is 18.0 Å². The quantitative estimate of drug-likeness (QED) is 0.751. The minimum atomic E-state index is -0.196. The molecule has 1 aromatic rings. The second-order valence-corrected chi connectivity index (χ2v) is 4.85. The van der Waals surface area contributed by atoms with E-state index in [1.54, 1.807) is 0 Å². The van der Waals surface area contributed by atoms with E-state index in [0.717, 1.165) is 31.4 Å². The van der Waals surface area contributed by atoms with Gasteiger partial charge in [0.25, 0.3) is 0 Å². The van der Waals surface area contributed by atoms with Gasteiger partial charge in [0, 0.05) is 0 Å². The van der Waals surface area contributed by atoms with Crippen molar-refractivity contribution in [1.29, 1.82) is 0 Å². The van der Waals surface area contributed by atoms with Crippen molar-refractivity contribution in [2.75, 3.05) is 6.61 Å². The molecule has 1 fully saturated rings. The van der Waals surface area contributed by atoms with Gasteiger partial charge in [0.1, 0.15) is 18.5 Å². The lowest BCUT2D eigenvalue weighted by molar-refractivity contribution is -0.154. The predicted octanol–water partition coefficient (Wildman–Crippen LogP) is 3.19. The lowest BCUT2D eigenvalue weighted by Gasteiger charge is -2.16. The summed E-state index contributed by atoms with van der Waals surface area (Å²) in [6.07, 6.45) is 4.05. The molecule has 0 heterocycles. The molecule has 0 aliphatic heterocycles. The first-order valence-corrected chi connectivity index (χ1v) is 6.64. The summed E-state index contributed by atoms with van der Waals surface area (Å²) in [5, 5.41) is 0. The first kappa shape index (κ1) is 12.9. The molecule has 0 spiro atoms. The highest BCUT2D eigenvalue weighted by atomic mass is 16.6. The number of hydrogen-bond acceptors (Lipinski definition) is 3. The Bertz CT molecular complexity index is 369. The zero-order valence-electron chi connectivity index (χ0n) is 10.8. The van der Waals surface area contributed by atoms with Gasteiger partial charge in [-0.05, 0) is 31.9 Å². The standard InChI is InChI=1S/C15H20O3/c1-12(11-17-14-9-3-2-4-10-14)18-15(16)13-7-5-6-8-13/h2-4,9-10,12-13H,5-8,11H2,1H3. The molecule has 1 unspecified atom stereocenters. The third kappa shape index (κ3) is 3.76. The molecule has 1 aromatic carbocycles. The first-order chi connectivity index (χ1) is 8.75. The Kier molecular flexibility index (Phi) is 4.62. The Morgan fingerprint density at radius 2 is 1.94 bits per heavy atom. The minimum Gasteiger partial charge on any atom is -0.490 e. The van der Waals surface area contributed by atoms with Crippen LogP contribution in [0.5, 0.6) is 5.75 Å². The van der Waals surface area contributed by atoms with Crippen molar-refractivity contribution < 1.29 is 14.3 Å². The van der Waals surface area contributed by atoms with Gasteiger partial charge in [-0.3, -0.25) is 4.79 Å². The average molecular weight is 248 g/mol. The molecule has 3 nitrogen and oxygen atoms in total. The Morgan fingerprint density at radius 1 is 1.28 bits per heavy atom. The molecule has 2 rings (SSSR count). The van der Waals surface area contributed by atoms with E-state index in [2.05, 4.69) is 0 Å². The summed E-state index contributed by atoms with van der Waals surface area (Å²) < 4.78 is 10.9. The van der Waals surface area contributed by atoms with Crippen LogP contribution in [0.4, 0.5) is 0 Å². The van der Waals surface area contributed by atoms with Gasteiger partial charge in [-0.25, -0.2) is 0 Å². The van der Waals surface area contributed by atoms with Crippen LogP contribution >= 0.6 is 0 Å². The maximum Gasteiger partial charge on any atom is 0.309 e. The van der Waals surface area contributed by atoms with Gasteiger partial charge in [-0.2, -0.15) is 0 Å². The highest BCUT2D eigenvalue weighted by molar-refractivity contribution is 5.72. The van der Waals surface area contributed by atoms with Crippen molar-refractivity contribution in [3.63, 3.8) is 0 Å². The van der Waals surface area contributed by atoms with Gasteiger partial charge in [-0.15, -0.1) is 0 Å². The molecule has 0 bridgehead atoms. The highest BCUT2D eigenvalue weighted by Crippen LogP contribution is 2.26. The van der Waals surface area contributed by atoms with E-state index >= 15 is 0 Å². The van der Waals surface area contributed by atoms with Gasteiger partial charge >= 0.3 is 5.97 Å². The topological polar surface area (TPSA) is 35.5 Å². The zero-order valence-corrected chi connectivity index (χ0v) is 10.8. The molecule has 1 aliphatic carbocycles. The molecule has 0 aromatic heterocycles. The van der Waals surface area contributed by atoms with Gasteiger partial charge < -0.3 is 9.47 Å². The molecule has 0 N–H and O–H groups in total. The molecular weight excluding hydrogens is 228 g/mol. The summed E-state index contributed by atoms with van der Waals surface area (Å²) in [6.45, 7) is 2.28. The van der Waals surface area contributed by atoms with E-state index in [1.807, 2.05) is 37.3 Å². The minimum absolute atomic E-state index is 0.0586. The van der Waals surface area contributed by atoms with Crippen LogP contribution < -0.4 is 4.74 Å². The largest absolute Gasteiger partial charge is 0.490 e. The van der Waals surface area contributed by atoms with E-state index in [4.69, 9.17) is 9.47 Å². The van der Waals surface area contributed by atoms with Gasteiger partial charge in [-0.1, -0.05) is 31.0 Å². The van der Waals surface area contributed by atoms with Crippen LogP contribution in [-0.2, 0) is 9.53 Å². The van der Waals surface area contributed by atoms with Crippen LogP contribution in [0.3, 0.4) is 0 Å². The lowest BCUT2D eigenvalue weighted by Crippen LogP contribution is -2.25. The molecule has 1 atom stereocenters. The number of carbonyl (C=O) groups excluding carboxylic acids is 1. The molecule has 0 radical (unpaired) electrons. The Labute approximate surface area is 108 Å². The molecule has 0 saturated heterocycles. The summed E-state index contributed by atoms with van der Waals surface area (Å²) in [4.78, 5) is 11.8. The smallest absolute Gasteiger partial charge is 0.309 e. The van der Waals surface area contributed by atoms with Crippen molar-refractivity contribution in [2.24, 2.45) is 5.92 Å². The van der Waals surface area contributed by atoms with Crippen molar-refractivity contribution in [3.05, 3.63) is 30.3 Å². The van der Waals surface area contributed by atoms with Crippen LogP contribution in [0.25, 0.3) is 0 Å². The third-order valence-electron chi connectivity index (χ3n) is 3.23. The summed E-state index contributed by atoms with van der Waals surface area (Å²) in [7, 11) is 0. The Morgan fingerprint density at radius 3 is 2.61 bits per heavy atom. The number of carbonyl (C=O) groups is 1. The third-order valence-corrected chi connectivity index (χ3v) is 3.23. The molecule has 3 heteroatoms. The van der Waals surface area contributed by atoms with Crippen LogP contribution in [-0.4, -0.2) is 18.7 Å². The number of benzene rings is 1. The fourth-order valence-corrected chi connectivity index (χ4v) is 2.22. The van der Waals surface area contributed by atoms with Crippen molar-refractivity contribution in [2.45, 2.75) is 38.7 Å². The van der Waals surface area contributed by atoms with Gasteiger partial charge in [0.2, 0.25) is 0 Å². The summed E-state index contributed by atoms with van der Waals surface area (Å²) in [6, 6.07) is 9.57. The van der Waals surface area contributed by atoms with Gasteiger partial charge in [0.15, 0.2) is 0 Å². The maximum absolute atomic E-state index is 11.8. The van der Waals surface area contributed by atoms with E-state index in [0.29, 0.717) is 6.61 Å². The number of rotatable bonds is 5. The summed E-state index contributed by atoms with van der Waals surface area (Å²) in [5.41, 5.74) is 0. The van der Waals surface area contributed by atoms with Crippen LogP contribution in [0, 0.1) is 5.92 Å². The van der Waals surface area contributed by atoms with Crippen molar-refractivity contribution in [3.8, 4) is 5.75 Å². The second kappa shape index (κ2) is 6.43. The highest BCUT2D eigenvalue weighted by Gasteiger charge is 2.25. The molecular formula is C15H20O3. The molecule has 98 valence electrons. The Hall–Kier alpha value is -1.51. The number of hydrogen-bond donors (Lipinski definition) is 0. The molecule has 1 saturated carbocycles. The Balaban J connectivity index is 1.71. The maximum atomic E-state index is 11.8. The zero-order chi connectivity index (χ0) is 12.8. The summed E-state index contributed by atoms with van der Waals surface area (Å²) in [5.74, 6) is 0.863. The number of esters is 1. The van der Waals surface area contributed by atoms with Gasteiger partial charge in [0.05, 0.1) is 5.92 Å².